The van der Waals surface area contributed by atoms with Crippen LogP contribution in [0.1, 0.15) is 12.8 Å². The summed E-state index contributed by atoms with van der Waals surface area (Å²) in [4.78, 5) is 13.5. The summed E-state index contributed by atoms with van der Waals surface area (Å²) in [6.07, 6.45) is 2.32. The highest BCUT2D eigenvalue weighted by Crippen LogP contribution is 2.16. The van der Waals surface area contributed by atoms with E-state index in [4.69, 9.17) is 10.5 Å². The van der Waals surface area contributed by atoms with Gasteiger partial charge in [-0.25, -0.2) is 0 Å². The molecule has 0 aromatic carbocycles. The summed E-state index contributed by atoms with van der Waals surface area (Å²) in [5.74, 6) is -0.264. The molecule has 3 N–H and O–H groups in total. The van der Waals surface area contributed by atoms with Crippen LogP contribution in [0.5, 0.6) is 0 Å². The van der Waals surface area contributed by atoms with Gasteiger partial charge in [0.05, 0.1) is 13.2 Å². The summed E-state index contributed by atoms with van der Waals surface area (Å²) in [5.41, 5.74) is 5.38. The van der Waals surface area contributed by atoms with E-state index in [2.05, 4.69) is 10.2 Å². The van der Waals surface area contributed by atoms with E-state index in [1.54, 1.807) is 0 Å². The normalized spacial score (nSPS) is 33.9. The second kappa shape index (κ2) is 4.92. The Kier molecular flexibility index (Phi) is 3.56. The van der Waals surface area contributed by atoms with E-state index in [0.717, 1.165) is 26.1 Å². The van der Waals surface area contributed by atoms with E-state index in [1.807, 2.05) is 0 Å². The summed E-state index contributed by atoms with van der Waals surface area (Å²) in [5, 5.41) is 3.36. The van der Waals surface area contributed by atoms with Crippen molar-refractivity contribution in [3.05, 3.63) is 0 Å². The number of nitrogens with zero attached hydrogens (tertiary/aromatic N) is 1. The van der Waals surface area contributed by atoms with Crippen molar-refractivity contribution in [3.8, 4) is 0 Å². The van der Waals surface area contributed by atoms with Gasteiger partial charge in [-0.15, -0.1) is 0 Å². The number of carbonyl (C=O) groups excluding carboxylic acids is 1. The van der Waals surface area contributed by atoms with Crippen LogP contribution in [-0.4, -0.2) is 55.7 Å². The highest BCUT2D eigenvalue weighted by molar-refractivity contribution is 5.80. The number of hydrogen-bond donors (Lipinski definition) is 2. The first-order chi connectivity index (χ1) is 7.29. The molecule has 2 rings (SSSR count). The molecule has 2 atom stereocenters. The second-order valence-corrected chi connectivity index (χ2v) is 4.23. The zero-order valence-corrected chi connectivity index (χ0v) is 8.95. The first-order valence-corrected chi connectivity index (χ1v) is 5.62. The molecular formula is C10H19N3O2. The Labute approximate surface area is 89.9 Å². The average Bonchev–Trinajstić information content (AvgIpc) is 2.30. The van der Waals surface area contributed by atoms with Gasteiger partial charge in [-0.3, -0.25) is 9.69 Å². The summed E-state index contributed by atoms with van der Waals surface area (Å²) >= 11 is 0. The molecule has 5 nitrogen and oxygen atoms in total. The second-order valence-electron chi connectivity index (χ2n) is 4.23. The number of ether oxygens (including phenoxy) is 1. The van der Waals surface area contributed by atoms with Gasteiger partial charge in [-0.2, -0.15) is 0 Å². The number of amides is 1. The van der Waals surface area contributed by atoms with E-state index >= 15 is 0 Å². The Morgan fingerprint density at radius 3 is 3.07 bits per heavy atom. The lowest BCUT2D eigenvalue weighted by Gasteiger charge is -2.41. The van der Waals surface area contributed by atoms with Gasteiger partial charge < -0.3 is 15.8 Å². The summed E-state index contributed by atoms with van der Waals surface area (Å²) in [7, 11) is 0. The predicted molar refractivity (Wildman–Crippen MR) is 56.4 cm³/mol. The molecule has 2 fully saturated rings. The van der Waals surface area contributed by atoms with Gasteiger partial charge in [0.1, 0.15) is 6.04 Å². The van der Waals surface area contributed by atoms with Gasteiger partial charge >= 0.3 is 0 Å². The van der Waals surface area contributed by atoms with Crippen LogP contribution in [0.4, 0.5) is 0 Å². The molecular weight excluding hydrogens is 194 g/mol. The third-order valence-corrected chi connectivity index (χ3v) is 3.24. The van der Waals surface area contributed by atoms with Crippen molar-refractivity contribution < 1.29 is 9.53 Å². The lowest BCUT2D eigenvalue weighted by molar-refractivity contribution is -0.131. The maximum atomic E-state index is 11.3. The Hall–Kier alpha value is -0.650. The van der Waals surface area contributed by atoms with Crippen molar-refractivity contribution in [2.75, 3.05) is 32.8 Å². The quantitative estimate of drug-likeness (QED) is 0.612. The van der Waals surface area contributed by atoms with Crippen molar-refractivity contribution in [3.63, 3.8) is 0 Å². The molecule has 2 unspecified atom stereocenters. The summed E-state index contributed by atoms with van der Waals surface area (Å²) in [6.45, 7) is 4.03. The van der Waals surface area contributed by atoms with Crippen LogP contribution in [0.15, 0.2) is 0 Å². The zero-order valence-electron chi connectivity index (χ0n) is 8.95. The molecule has 0 aliphatic carbocycles. The number of hydrogen-bond acceptors (Lipinski definition) is 4. The van der Waals surface area contributed by atoms with Gasteiger partial charge in [0.25, 0.3) is 0 Å². The minimum Gasteiger partial charge on any atom is -0.378 e. The van der Waals surface area contributed by atoms with E-state index < -0.39 is 0 Å². The minimum atomic E-state index is -0.264. The van der Waals surface area contributed by atoms with Gasteiger partial charge in [-0.1, -0.05) is 0 Å². The lowest BCUT2D eigenvalue weighted by atomic mass is 10.0. The smallest absolute Gasteiger partial charge is 0.237 e. The molecule has 2 heterocycles. The monoisotopic (exact) mass is 213 g/mol. The Morgan fingerprint density at radius 1 is 1.53 bits per heavy atom. The molecule has 1 amide bonds. The molecule has 5 heteroatoms. The molecule has 15 heavy (non-hydrogen) atoms. The molecule has 2 saturated heterocycles. The molecule has 0 aromatic heterocycles. The molecule has 0 saturated carbocycles. The van der Waals surface area contributed by atoms with E-state index in [9.17, 15) is 4.79 Å². The van der Waals surface area contributed by atoms with E-state index in [-0.39, 0.29) is 11.9 Å². The number of nitrogens with two attached hydrogens (primary N) is 1. The number of carbonyl (C=O) groups is 1. The van der Waals surface area contributed by atoms with Crippen molar-refractivity contribution in [1.82, 2.24) is 10.2 Å². The lowest BCUT2D eigenvalue weighted by Crippen LogP contribution is -2.59. The van der Waals surface area contributed by atoms with E-state index in [1.165, 1.54) is 6.42 Å². The SMILES string of the molecule is NC(=O)C1COCCN1C1CCCNC1. The molecule has 0 bridgehead atoms. The fourth-order valence-corrected chi connectivity index (χ4v) is 2.42. The Bertz CT molecular complexity index is 229. The van der Waals surface area contributed by atoms with Crippen LogP contribution in [0.25, 0.3) is 0 Å². The van der Waals surface area contributed by atoms with Gasteiger partial charge in [-0.05, 0) is 19.4 Å². The number of rotatable bonds is 2. The zero-order chi connectivity index (χ0) is 10.7. The summed E-state index contributed by atoms with van der Waals surface area (Å²) in [6, 6.07) is 0.212. The van der Waals surface area contributed by atoms with Crippen molar-refractivity contribution in [2.45, 2.75) is 24.9 Å². The van der Waals surface area contributed by atoms with Gasteiger partial charge in [0, 0.05) is 19.1 Å². The minimum absolute atomic E-state index is 0.233. The van der Waals surface area contributed by atoms with Crippen LogP contribution >= 0.6 is 0 Å². The third-order valence-electron chi connectivity index (χ3n) is 3.24. The third kappa shape index (κ3) is 2.48. The molecule has 86 valence electrons. The molecule has 0 spiro atoms. The van der Waals surface area contributed by atoms with Crippen molar-refractivity contribution >= 4 is 5.91 Å². The van der Waals surface area contributed by atoms with Crippen molar-refractivity contribution in [2.24, 2.45) is 5.73 Å². The molecule has 0 radical (unpaired) electrons. The largest absolute Gasteiger partial charge is 0.378 e. The topological polar surface area (TPSA) is 67.6 Å². The van der Waals surface area contributed by atoms with E-state index in [0.29, 0.717) is 19.3 Å². The molecule has 2 aliphatic rings. The Balaban J connectivity index is 1.99. The van der Waals surface area contributed by atoms with Crippen molar-refractivity contribution in [1.29, 1.82) is 0 Å². The molecule has 2 aliphatic heterocycles. The van der Waals surface area contributed by atoms with Crippen LogP contribution < -0.4 is 11.1 Å². The highest BCUT2D eigenvalue weighted by atomic mass is 16.5. The number of nitrogens with one attached hydrogen (secondary N) is 1. The maximum Gasteiger partial charge on any atom is 0.237 e. The fourth-order valence-electron chi connectivity index (χ4n) is 2.42. The van der Waals surface area contributed by atoms with Gasteiger partial charge in [0.2, 0.25) is 5.91 Å². The highest BCUT2D eigenvalue weighted by Gasteiger charge is 2.33. The van der Waals surface area contributed by atoms with Crippen LogP contribution in [0, 0.1) is 0 Å². The summed E-state index contributed by atoms with van der Waals surface area (Å²) < 4.78 is 5.30. The van der Waals surface area contributed by atoms with Crippen LogP contribution in [0.3, 0.4) is 0 Å². The number of morpholine rings is 1. The molecule has 0 aromatic rings. The number of primary amides is 1. The fraction of sp³-hybridized carbons (Fsp3) is 0.900. The van der Waals surface area contributed by atoms with Gasteiger partial charge in [0.15, 0.2) is 0 Å². The van der Waals surface area contributed by atoms with Crippen LogP contribution in [-0.2, 0) is 9.53 Å². The maximum absolute atomic E-state index is 11.3. The average molecular weight is 213 g/mol. The standard InChI is InChI=1S/C10H19N3O2/c11-10(14)9-7-15-5-4-13(9)8-2-1-3-12-6-8/h8-9,12H,1-7H2,(H2,11,14). The first kappa shape index (κ1) is 10.9. The number of piperidine rings is 1. The first-order valence-electron chi connectivity index (χ1n) is 5.62. The van der Waals surface area contributed by atoms with Crippen LogP contribution in [0.2, 0.25) is 0 Å². The predicted octanol–water partition coefficient (Wildman–Crippen LogP) is -1.08. The Morgan fingerprint density at radius 2 is 2.40 bits per heavy atom.